The van der Waals surface area contributed by atoms with E-state index in [4.69, 9.17) is 37.0 Å². The molecular weight excluding hydrogens is 1150 g/mol. The quantitative estimate of drug-likeness (QED) is 0.0222. The van der Waals surface area contributed by atoms with Crippen LogP contribution in [0.15, 0.2) is 0 Å². The molecule has 0 fully saturated rings. The van der Waals surface area contributed by atoms with Crippen LogP contribution in [0.25, 0.3) is 0 Å². The van der Waals surface area contributed by atoms with Gasteiger partial charge in [0.15, 0.2) is 12.2 Å². The molecule has 0 aliphatic heterocycles. The Balaban J connectivity index is 5.24. The summed E-state index contributed by atoms with van der Waals surface area (Å²) in [5, 5.41) is 10.6. The number of unbranched alkanes of at least 4 members (excludes halogenated alkanes) is 34. The molecule has 0 heterocycles. The van der Waals surface area contributed by atoms with Gasteiger partial charge >= 0.3 is 39.5 Å². The van der Waals surface area contributed by atoms with Gasteiger partial charge in [-0.3, -0.25) is 37.3 Å². The Morgan fingerprint density at radius 2 is 0.529 bits per heavy atom. The van der Waals surface area contributed by atoms with Crippen LogP contribution in [-0.4, -0.2) is 96.7 Å². The Hall–Kier alpha value is -1.94. The zero-order valence-corrected chi connectivity index (χ0v) is 58.3. The number of hydrogen-bond acceptors (Lipinski definition) is 15. The van der Waals surface area contributed by atoms with Gasteiger partial charge in [-0.05, 0) is 43.4 Å². The molecule has 0 spiro atoms. The summed E-state index contributed by atoms with van der Waals surface area (Å²) < 4.78 is 68.2. The Morgan fingerprint density at radius 3 is 0.782 bits per heavy atom. The number of carbonyl (C=O) groups excluding carboxylic acids is 4. The number of ether oxygens (including phenoxy) is 4. The lowest BCUT2D eigenvalue weighted by Crippen LogP contribution is -2.30. The van der Waals surface area contributed by atoms with Crippen molar-refractivity contribution in [2.45, 2.75) is 356 Å². The van der Waals surface area contributed by atoms with Crippen LogP contribution < -0.4 is 0 Å². The van der Waals surface area contributed by atoms with Crippen LogP contribution in [0, 0.1) is 17.8 Å². The van der Waals surface area contributed by atoms with Crippen molar-refractivity contribution in [1.82, 2.24) is 0 Å². The molecule has 0 aliphatic rings. The number of rotatable bonds is 66. The summed E-state index contributed by atoms with van der Waals surface area (Å²) in [5.41, 5.74) is 0. The first-order valence-electron chi connectivity index (χ1n) is 35.3. The minimum atomic E-state index is -4.95. The zero-order chi connectivity index (χ0) is 64.5. The molecule has 0 bridgehead atoms. The van der Waals surface area contributed by atoms with Crippen molar-refractivity contribution in [3.63, 3.8) is 0 Å². The van der Waals surface area contributed by atoms with Gasteiger partial charge in [0.05, 0.1) is 26.4 Å². The summed E-state index contributed by atoms with van der Waals surface area (Å²) >= 11 is 0. The molecule has 87 heavy (non-hydrogen) atoms. The van der Waals surface area contributed by atoms with E-state index in [9.17, 15) is 43.2 Å². The average molecular weight is 1280 g/mol. The van der Waals surface area contributed by atoms with Crippen LogP contribution in [-0.2, 0) is 65.4 Å². The molecule has 2 unspecified atom stereocenters. The monoisotopic (exact) mass is 1280 g/mol. The molecule has 5 atom stereocenters. The molecule has 0 aromatic heterocycles. The third kappa shape index (κ3) is 62.6. The molecule has 516 valence electrons. The Morgan fingerprint density at radius 1 is 0.310 bits per heavy atom. The highest BCUT2D eigenvalue weighted by Gasteiger charge is 2.30. The smallest absolute Gasteiger partial charge is 0.462 e. The lowest BCUT2D eigenvalue weighted by molar-refractivity contribution is -0.161. The lowest BCUT2D eigenvalue weighted by Gasteiger charge is -2.21. The minimum Gasteiger partial charge on any atom is -0.462 e. The Bertz CT molecular complexity index is 1720. The fraction of sp³-hybridized carbons (Fsp3) is 0.941. The summed E-state index contributed by atoms with van der Waals surface area (Å²) in [4.78, 5) is 72.4. The van der Waals surface area contributed by atoms with E-state index in [1.54, 1.807) is 0 Å². The van der Waals surface area contributed by atoms with Gasteiger partial charge in [0, 0.05) is 25.7 Å². The first-order chi connectivity index (χ1) is 41.7. The SMILES string of the molecule is CCCCCCCCCCCCCCCCCC(=O)O[C@H](COC(=O)CCCCCCCCCCCC(C)C)COP(=O)(O)OC[C@@H](O)COP(=O)(O)OC[C@@H](COC(=O)CCCCCCCCCC(C)C)OC(=O)CCCCCCCCCC(C)C. The first-order valence-corrected chi connectivity index (χ1v) is 38.3. The van der Waals surface area contributed by atoms with E-state index >= 15 is 0 Å². The molecule has 0 saturated heterocycles. The number of esters is 4. The van der Waals surface area contributed by atoms with Crippen LogP contribution >= 0.6 is 15.6 Å². The fourth-order valence-electron chi connectivity index (χ4n) is 10.2. The number of aliphatic hydroxyl groups is 1. The molecule has 0 aromatic carbocycles. The number of aliphatic hydroxyl groups excluding tert-OH is 1. The number of hydrogen-bond donors (Lipinski definition) is 3. The normalized spacial score (nSPS) is 14.3. The first kappa shape index (κ1) is 85.1. The maximum Gasteiger partial charge on any atom is 0.472 e. The minimum absolute atomic E-state index is 0.102. The zero-order valence-electron chi connectivity index (χ0n) is 56.5. The predicted molar refractivity (Wildman–Crippen MR) is 349 cm³/mol. The molecule has 17 nitrogen and oxygen atoms in total. The third-order valence-corrected chi connectivity index (χ3v) is 17.5. The van der Waals surface area contributed by atoms with Crippen molar-refractivity contribution in [3.05, 3.63) is 0 Å². The van der Waals surface area contributed by atoms with Crippen LogP contribution in [0.4, 0.5) is 0 Å². The van der Waals surface area contributed by atoms with Crippen molar-refractivity contribution in [1.29, 1.82) is 0 Å². The molecule has 0 aliphatic carbocycles. The van der Waals surface area contributed by atoms with Crippen molar-refractivity contribution < 1.29 is 80.2 Å². The van der Waals surface area contributed by atoms with Crippen molar-refractivity contribution >= 4 is 39.5 Å². The van der Waals surface area contributed by atoms with Gasteiger partial charge in [-0.2, -0.15) is 0 Å². The highest BCUT2D eigenvalue weighted by molar-refractivity contribution is 7.47. The lowest BCUT2D eigenvalue weighted by atomic mass is 10.0. The topological polar surface area (TPSA) is 237 Å². The number of phosphoric ester groups is 2. The summed E-state index contributed by atoms with van der Waals surface area (Å²) in [6, 6.07) is 0. The Kier molecular flexibility index (Phi) is 57.8. The number of carbonyl (C=O) groups is 4. The van der Waals surface area contributed by atoms with E-state index < -0.39 is 97.5 Å². The highest BCUT2D eigenvalue weighted by Crippen LogP contribution is 2.45. The second-order valence-electron chi connectivity index (χ2n) is 26.0. The molecule has 0 amide bonds. The fourth-order valence-corrected chi connectivity index (χ4v) is 11.8. The number of phosphoric acid groups is 2. The highest BCUT2D eigenvalue weighted by atomic mass is 31.2. The molecule has 19 heteroatoms. The van der Waals surface area contributed by atoms with E-state index in [0.717, 1.165) is 102 Å². The second kappa shape index (κ2) is 59.1. The van der Waals surface area contributed by atoms with Crippen molar-refractivity contribution in [2.75, 3.05) is 39.6 Å². The molecule has 3 N–H and O–H groups in total. The average Bonchev–Trinajstić information content (AvgIpc) is 3.68. The van der Waals surface area contributed by atoms with Crippen molar-refractivity contribution in [3.8, 4) is 0 Å². The third-order valence-electron chi connectivity index (χ3n) is 15.6. The van der Waals surface area contributed by atoms with E-state index in [0.29, 0.717) is 37.5 Å². The van der Waals surface area contributed by atoms with Gasteiger partial charge in [-0.15, -0.1) is 0 Å². The Labute approximate surface area is 530 Å². The maximum atomic E-state index is 13.0. The van der Waals surface area contributed by atoms with Crippen LogP contribution in [0.5, 0.6) is 0 Å². The van der Waals surface area contributed by atoms with Gasteiger partial charge < -0.3 is 33.8 Å². The van der Waals surface area contributed by atoms with E-state index in [-0.39, 0.29) is 25.7 Å². The van der Waals surface area contributed by atoms with E-state index in [1.807, 2.05) is 0 Å². The second-order valence-corrected chi connectivity index (χ2v) is 28.9. The van der Waals surface area contributed by atoms with Crippen LogP contribution in [0.2, 0.25) is 0 Å². The largest absolute Gasteiger partial charge is 0.472 e. The molecule has 0 rings (SSSR count). The molecule has 0 radical (unpaired) electrons. The van der Waals surface area contributed by atoms with Gasteiger partial charge in [0.25, 0.3) is 0 Å². The summed E-state index contributed by atoms with van der Waals surface area (Å²) in [6.45, 7) is 11.7. The van der Waals surface area contributed by atoms with Gasteiger partial charge in [0.1, 0.15) is 19.3 Å². The van der Waals surface area contributed by atoms with Gasteiger partial charge in [-0.25, -0.2) is 9.13 Å². The standard InChI is InChI=1S/C68H132O17P2/c1-8-9-10-11-12-13-14-15-16-17-18-21-29-37-44-51-67(72)84-63(55-78-65(70)49-42-35-28-22-19-20-25-32-39-46-59(2)3)57-82-86(74,75)80-53-62(69)54-81-87(76,77)83-58-64(85-68(73)52-45-38-31-24-27-34-41-48-61(6)7)56-79-66(71)50-43-36-30-23-26-33-40-47-60(4)5/h59-64,69H,8-58H2,1-7H3,(H,74,75)(H,76,77)/t62-,63-,64-/m1/s1. The molecule has 0 saturated carbocycles. The molecular formula is C68H132O17P2. The van der Waals surface area contributed by atoms with Gasteiger partial charge in [-0.1, -0.05) is 286 Å². The van der Waals surface area contributed by atoms with Crippen molar-refractivity contribution in [2.24, 2.45) is 17.8 Å². The van der Waals surface area contributed by atoms with Gasteiger partial charge in [0.2, 0.25) is 0 Å². The summed E-state index contributed by atoms with van der Waals surface area (Å²) in [7, 11) is -9.90. The van der Waals surface area contributed by atoms with Crippen LogP contribution in [0.1, 0.15) is 337 Å². The van der Waals surface area contributed by atoms with E-state index in [1.165, 1.54) is 141 Å². The summed E-state index contributed by atoms with van der Waals surface area (Å²) in [6.07, 6.45) is 41.8. The molecule has 0 aromatic rings. The summed E-state index contributed by atoms with van der Waals surface area (Å²) in [5.74, 6) is 0.0130. The predicted octanol–water partition coefficient (Wildman–Crippen LogP) is 19.1. The van der Waals surface area contributed by atoms with Crippen LogP contribution in [0.3, 0.4) is 0 Å². The maximum absolute atomic E-state index is 13.0. The van der Waals surface area contributed by atoms with E-state index in [2.05, 4.69) is 48.5 Å².